The van der Waals surface area contributed by atoms with Crippen LogP contribution in [0.4, 0.5) is 0 Å². The number of hydrogen-bond donors (Lipinski definition) is 2. The van der Waals surface area contributed by atoms with E-state index in [-0.39, 0.29) is 0 Å². The number of thiocarbonyl (C=S) groups is 2. The summed E-state index contributed by atoms with van der Waals surface area (Å²) in [5, 5.41) is 2.93. The molecule has 0 saturated carbocycles. The lowest BCUT2D eigenvalue weighted by atomic mass is 10.2. The number of amides is 2. The van der Waals surface area contributed by atoms with Gasteiger partial charge in [0.25, 0.3) is 0 Å². The molecule has 0 aliphatic carbocycles. The second-order valence-corrected chi connectivity index (χ2v) is 8.25. The largest absolute Gasteiger partial charge is 0.497 e. The number of methoxy groups -OCH3 is 4. The van der Waals surface area contributed by atoms with Crippen molar-refractivity contribution in [1.29, 1.82) is 0 Å². The van der Waals surface area contributed by atoms with Gasteiger partial charge in [-0.2, -0.15) is 0 Å². The van der Waals surface area contributed by atoms with E-state index in [4.69, 9.17) is 43.4 Å². The Balaban J connectivity index is 2.09. The van der Waals surface area contributed by atoms with Crippen LogP contribution in [-0.2, 0) is 9.59 Å². The van der Waals surface area contributed by atoms with E-state index in [1.165, 1.54) is 24.2 Å². The number of benzene rings is 2. The summed E-state index contributed by atoms with van der Waals surface area (Å²) in [7, 11) is 6.14. The van der Waals surface area contributed by atoms with Crippen molar-refractivity contribution in [2.75, 3.05) is 41.5 Å². The van der Waals surface area contributed by atoms with Gasteiger partial charge in [0, 0.05) is 13.1 Å². The first-order valence-electron chi connectivity index (χ1n) is 11.4. The molecular weight excluding hydrogens is 516 g/mol. The van der Waals surface area contributed by atoms with Crippen molar-refractivity contribution in [2.24, 2.45) is 0 Å². The molecule has 0 heterocycles. The Labute approximate surface area is 227 Å². The first-order valence-corrected chi connectivity index (χ1v) is 12.2. The summed E-state index contributed by atoms with van der Waals surface area (Å²) in [6, 6.07) is 10.4. The van der Waals surface area contributed by atoms with E-state index in [2.05, 4.69) is 10.9 Å². The minimum Gasteiger partial charge on any atom is -0.497 e. The number of rotatable bonds is 10. The number of ether oxygens (including phenoxy) is 4. The Morgan fingerprint density at radius 3 is 1.38 bits per heavy atom. The number of hydrogen-bond acceptors (Lipinski definition) is 8. The van der Waals surface area contributed by atoms with Gasteiger partial charge in [-0.05, 0) is 50.2 Å². The third kappa shape index (κ3) is 7.67. The molecule has 2 rings (SSSR count). The van der Waals surface area contributed by atoms with Gasteiger partial charge >= 0.3 is 0 Å². The number of carbonyl (C=O) groups is 2. The summed E-state index contributed by atoms with van der Waals surface area (Å²) in [4.78, 5) is 26.1. The molecule has 200 valence electrons. The number of hydrazine groups is 2. The molecule has 37 heavy (non-hydrogen) atoms. The normalized spacial score (nSPS) is 10.1. The molecule has 0 aliphatic heterocycles. The van der Waals surface area contributed by atoms with Crippen LogP contribution in [0.2, 0.25) is 0 Å². The minimum absolute atomic E-state index is 0.313. The van der Waals surface area contributed by atoms with Crippen LogP contribution in [0.5, 0.6) is 23.0 Å². The fourth-order valence-corrected chi connectivity index (χ4v) is 3.99. The SMILES string of the molecule is CCN(NC(=O)CC(=O)NN(CC)C(=S)c1cc(OC)ccc1OC)C(=S)c1cc(OC)ccc1OC. The third-order valence-corrected chi connectivity index (χ3v) is 6.12. The predicted octanol–water partition coefficient (Wildman–Crippen LogP) is 2.87. The van der Waals surface area contributed by atoms with E-state index in [0.29, 0.717) is 57.2 Å². The van der Waals surface area contributed by atoms with Gasteiger partial charge in [0.15, 0.2) is 0 Å². The zero-order chi connectivity index (χ0) is 27.5. The molecule has 2 N–H and O–H groups in total. The molecule has 0 aliphatic rings. The molecule has 0 saturated heterocycles. The van der Waals surface area contributed by atoms with Gasteiger partial charge in [0.1, 0.15) is 39.4 Å². The van der Waals surface area contributed by atoms with Gasteiger partial charge in [-0.3, -0.25) is 30.5 Å². The monoisotopic (exact) mass is 548 g/mol. The molecule has 2 amide bonds. The van der Waals surface area contributed by atoms with Crippen LogP contribution >= 0.6 is 24.4 Å². The zero-order valence-corrected chi connectivity index (χ0v) is 23.4. The van der Waals surface area contributed by atoms with Crippen molar-refractivity contribution in [2.45, 2.75) is 20.3 Å². The Kier molecular flexibility index (Phi) is 11.3. The standard InChI is InChI=1S/C25H32N4O6S2/c1-7-28(24(36)18-13-16(32-3)9-11-20(18)34-5)26-22(30)15-23(31)27-29(8-2)25(37)19-14-17(33-4)10-12-21(19)35-6/h9-14H,7-8,15H2,1-6H3,(H,26,30)(H,27,31). The maximum Gasteiger partial charge on any atom is 0.248 e. The summed E-state index contributed by atoms with van der Waals surface area (Å²) < 4.78 is 21.3. The van der Waals surface area contributed by atoms with E-state index in [1.54, 1.807) is 50.6 Å². The van der Waals surface area contributed by atoms with Gasteiger partial charge < -0.3 is 18.9 Å². The number of carbonyl (C=O) groups excluding carboxylic acids is 2. The fraction of sp³-hybridized carbons (Fsp3) is 0.360. The van der Waals surface area contributed by atoms with Crippen LogP contribution in [0.25, 0.3) is 0 Å². The van der Waals surface area contributed by atoms with Crippen LogP contribution in [-0.4, -0.2) is 73.3 Å². The molecule has 0 aromatic heterocycles. The van der Waals surface area contributed by atoms with E-state index >= 15 is 0 Å². The first kappa shape index (κ1) is 29.6. The number of nitrogens with one attached hydrogen (secondary N) is 2. The molecular formula is C25H32N4O6S2. The van der Waals surface area contributed by atoms with Crippen molar-refractivity contribution in [3.63, 3.8) is 0 Å². The molecule has 0 atom stereocenters. The minimum atomic E-state index is -0.551. The van der Waals surface area contributed by atoms with Gasteiger partial charge in [-0.15, -0.1) is 0 Å². The van der Waals surface area contributed by atoms with Gasteiger partial charge in [0.05, 0.1) is 39.6 Å². The first-order chi connectivity index (χ1) is 17.7. The van der Waals surface area contributed by atoms with Crippen molar-refractivity contribution >= 4 is 46.2 Å². The van der Waals surface area contributed by atoms with E-state index in [9.17, 15) is 9.59 Å². The maximum atomic E-state index is 12.7. The number of nitrogens with zero attached hydrogens (tertiary/aromatic N) is 2. The summed E-state index contributed by atoms with van der Waals surface area (Å²) in [5.74, 6) is 1.12. The maximum absolute atomic E-state index is 12.7. The van der Waals surface area contributed by atoms with Crippen molar-refractivity contribution in [1.82, 2.24) is 20.9 Å². The van der Waals surface area contributed by atoms with E-state index in [0.717, 1.165) is 0 Å². The Morgan fingerprint density at radius 1 is 0.703 bits per heavy atom. The Morgan fingerprint density at radius 2 is 1.08 bits per heavy atom. The molecule has 0 unspecified atom stereocenters. The highest BCUT2D eigenvalue weighted by atomic mass is 32.1. The summed E-state index contributed by atoms with van der Waals surface area (Å²) >= 11 is 11.2. The molecule has 12 heteroatoms. The topological polar surface area (TPSA) is 102 Å². The average molecular weight is 549 g/mol. The quantitative estimate of drug-likeness (QED) is 0.262. The molecule has 0 radical (unpaired) electrons. The zero-order valence-electron chi connectivity index (χ0n) is 21.7. The van der Waals surface area contributed by atoms with Crippen LogP contribution in [0.3, 0.4) is 0 Å². The van der Waals surface area contributed by atoms with Gasteiger partial charge in [-0.1, -0.05) is 24.4 Å². The van der Waals surface area contributed by atoms with Gasteiger partial charge in [-0.25, -0.2) is 0 Å². The predicted molar refractivity (Wildman–Crippen MR) is 148 cm³/mol. The summed E-state index contributed by atoms with van der Waals surface area (Å²) in [6.07, 6.45) is -0.456. The lowest BCUT2D eigenvalue weighted by Gasteiger charge is -2.27. The van der Waals surface area contributed by atoms with Crippen LogP contribution in [0.1, 0.15) is 31.4 Å². The summed E-state index contributed by atoms with van der Waals surface area (Å²) in [6.45, 7) is 4.34. The molecule has 2 aromatic carbocycles. The second kappa shape index (κ2) is 14.2. The molecule has 2 aromatic rings. The van der Waals surface area contributed by atoms with Crippen molar-refractivity contribution < 1.29 is 28.5 Å². The van der Waals surface area contributed by atoms with Crippen LogP contribution < -0.4 is 29.8 Å². The molecule has 0 spiro atoms. The van der Waals surface area contributed by atoms with E-state index < -0.39 is 18.2 Å². The third-order valence-electron chi connectivity index (χ3n) is 5.24. The Bertz CT molecular complexity index is 1060. The molecule has 0 bridgehead atoms. The van der Waals surface area contributed by atoms with Crippen LogP contribution in [0.15, 0.2) is 36.4 Å². The molecule has 0 fully saturated rings. The lowest BCUT2D eigenvalue weighted by Crippen LogP contribution is -2.49. The van der Waals surface area contributed by atoms with Crippen molar-refractivity contribution in [3.8, 4) is 23.0 Å². The van der Waals surface area contributed by atoms with Crippen molar-refractivity contribution in [3.05, 3.63) is 47.5 Å². The smallest absolute Gasteiger partial charge is 0.248 e. The average Bonchev–Trinajstić information content (AvgIpc) is 2.92. The van der Waals surface area contributed by atoms with Crippen LogP contribution in [0, 0.1) is 0 Å². The second-order valence-electron chi connectivity index (χ2n) is 7.48. The summed E-state index contributed by atoms with van der Waals surface area (Å²) in [5.41, 5.74) is 6.49. The van der Waals surface area contributed by atoms with E-state index in [1.807, 2.05) is 13.8 Å². The highest BCUT2D eigenvalue weighted by Crippen LogP contribution is 2.26. The highest BCUT2D eigenvalue weighted by Gasteiger charge is 2.22. The Hall–Kier alpha value is -3.64. The fourth-order valence-electron chi connectivity index (χ4n) is 3.33. The molecule has 10 nitrogen and oxygen atoms in total. The van der Waals surface area contributed by atoms with Gasteiger partial charge in [0.2, 0.25) is 11.8 Å². The highest BCUT2D eigenvalue weighted by molar-refractivity contribution is 7.81. The lowest BCUT2D eigenvalue weighted by molar-refractivity contribution is -0.132.